The number of aliphatic carboxylic acids is 1. The van der Waals surface area contributed by atoms with Crippen LogP contribution in [-0.2, 0) is 22.6 Å². The molecule has 0 saturated heterocycles. The van der Waals surface area contributed by atoms with E-state index in [2.05, 4.69) is 24.5 Å². The quantitative estimate of drug-likeness (QED) is 0.162. The number of carboxylic acid groups (broad SMARTS) is 1. The summed E-state index contributed by atoms with van der Waals surface area (Å²) in [5.41, 5.74) is 3.28. The Morgan fingerprint density at radius 1 is 1.11 bits per heavy atom. The number of para-hydroxylation sites is 1. The number of amides is 1. The highest BCUT2D eigenvalue weighted by molar-refractivity contribution is 7.99. The van der Waals surface area contributed by atoms with Crippen LogP contribution in [0.2, 0.25) is 5.02 Å². The van der Waals surface area contributed by atoms with Crippen molar-refractivity contribution < 1.29 is 27.9 Å². The van der Waals surface area contributed by atoms with Crippen LogP contribution in [0.25, 0.3) is 5.69 Å². The molecule has 1 aliphatic heterocycles. The van der Waals surface area contributed by atoms with Gasteiger partial charge in [0.1, 0.15) is 0 Å². The fraction of sp³-hybridized carbons (Fsp3) is 0.455. The molecule has 1 aromatic heterocycles. The Hall–Kier alpha value is -3.55. The second-order valence-corrected chi connectivity index (χ2v) is 13.5. The number of hydrogen-bond acceptors (Lipinski definition) is 7. The topological polar surface area (TPSA) is 117 Å². The van der Waals surface area contributed by atoms with Crippen molar-refractivity contribution in [2.24, 2.45) is 5.92 Å². The number of benzene rings is 2. The number of thioether (sulfide) groups is 1. The van der Waals surface area contributed by atoms with Gasteiger partial charge in [-0.1, -0.05) is 61.8 Å². The molecule has 1 atom stereocenters. The van der Waals surface area contributed by atoms with Gasteiger partial charge in [-0.25, -0.2) is 9.78 Å². The van der Waals surface area contributed by atoms with Crippen molar-refractivity contribution in [1.29, 1.82) is 0 Å². The molecule has 3 N–H and O–H groups in total. The van der Waals surface area contributed by atoms with Crippen LogP contribution >= 0.6 is 23.4 Å². The fourth-order valence-corrected chi connectivity index (χ4v) is 6.46. The molecule has 2 aliphatic rings. The molecular formula is C33H39ClF3N5O4S. The van der Waals surface area contributed by atoms with Crippen LogP contribution in [0.5, 0.6) is 0 Å². The molecule has 2 heterocycles. The average Bonchev–Trinajstić information content (AvgIpc) is 3.01. The highest BCUT2D eigenvalue weighted by Crippen LogP contribution is 2.36. The molecule has 1 amide bonds. The van der Waals surface area contributed by atoms with Crippen LogP contribution in [0.4, 0.5) is 18.9 Å². The standard InChI is InChI=1S/C31H38ClN5O2S.C2HF3O2/c1-21(2)28(34-23-13-11-22(32)12-14-23)19-33-17-15-29(38)36-18-16-27-26(20-36)30(39)37(24-7-4-3-5-8-24)31(35-27)40-25-9-6-10-25;3-2(4,5)1(6)7/h3-5,7-8,11-14,21,25,28,33-34H,6,9-10,15-20H2,1-2H3;(H,6,7)/t28-;/m0./s1. The van der Waals surface area contributed by atoms with E-state index in [-0.39, 0.29) is 17.5 Å². The number of nitrogens with one attached hydrogen (secondary N) is 2. The van der Waals surface area contributed by atoms with E-state index in [1.165, 1.54) is 6.42 Å². The molecule has 0 radical (unpaired) electrons. The zero-order valence-corrected chi connectivity index (χ0v) is 27.8. The van der Waals surface area contributed by atoms with Gasteiger partial charge in [-0.2, -0.15) is 13.2 Å². The van der Waals surface area contributed by atoms with Crippen molar-refractivity contribution in [3.63, 3.8) is 0 Å². The lowest BCUT2D eigenvalue weighted by Crippen LogP contribution is -2.43. The number of halogens is 4. The van der Waals surface area contributed by atoms with Crippen molar-refractivity contribution in [2.75, 3.05) is 25.0 Å². The highest BCUT2D eigenvalue weighted by atomic mass is 35.5. The number of carbonyl (C=O) groups excluding carboxylic acids is 1. The maximum atomic E-state index is 13.8. The van der Waals surface area contributed by atoms with Crippen LogP contribution in [-0.4, -0.2) is 68.5 Å². The summed E-state index contributed by atoms with van der Waals surface area (Å²) in [6, 6.07) is 17.7. The van der Waals surface area contributed by atoms with Gasteiger partial charge in [0.2, 0.25) is 5.91 Å². The van der Waals surface area contributed by atoms with Gasteiger partial charge in [0.05, 0.1) is 23.5 Å². The van der Waals surface area contributed by atoms with Gasteiger partial charge in [-0.15, -0.1) is 0 Å². The Bertz CT molecular complexity index is 1570. The van der Waals surface area contributed by atoms with Gasteiger partial charge in [0.15, 0.2) is 5.16 Å². The number of carboxylic acids is 1. The first-order valence-corrected chi connectivity index (χ1v) is 16.8. The van der Waals surface area contributed by atoms with E-state index in [4.69, 9.17) is 26.5 Å². The zero-order chi connectivity index (χ0) is 34.1. The van der Waals surface area contributed by atoms with Gasteiger partial charge in [-0.3, -0.25) is 14.2 Å². The van der Waals surface area contributed by atoms with Crippen molar-refractivity contribution in [1.82, 2.24) is 19.8 Å². The van der Waals surface area contributed by atoms with Crippen LogP contribution in [0, 0.1) is 5.92 Å². The summed E-state index contributed by atoms with van der Waals surface area (Å²) < 4.78 is 33.5. The molecule has 1 aliphatic carbocycles. The second-order valence-electron chi connectivity index (χ2n) is 11.8. The molecular weight excluding hydrogens is 655 g/mol. The summed E-state index contributed by atoms with van der Waals surface area (Å²) in [5, 5.41) is 16.1. The number of fused-ring (bicyclic) bond motifs is 1. The summed E-state index contributed by atoms with van der Waals surface area (Å²) in [5.74, 6) is -2.29. The van der Waals surface area contributed by atoms with Gasteiger partial charge >= 0.3 is 12.1 Å². The van der Waals surface area contributed by atoms with Gasteiger partial charge in [0, 0.05) is 54.5 Å². The number of carbonyl (C=O) groups is 2. The molecule has 0 unspecified atom stereocenters. The molecule has 14 heteroatoms. The molecule has 47 heavy (non-hydrogen) atoms. The Morgan fingerprint density at radius 2 is 1.77 bits per heavy atom. The van der Waals surface area contributed by atoms with Crippen molar-refractivity contribution in [3.8, 4) is 5.69 Å². The van der Waals surface area contributed by atoms with Crippen LogP contribution in [0.1, 0.15) is 50.8 Å². The number of anilines is 1. The number of hydrogen-bond donors (Lipinski definition) is 3. The number of alkyl halides is 3. The van der Waals surface area contributed by atoms with Crippen molar-refractivity contribution in [2.45, 2.75) is 75.1 Å². The minimum absolute atomic E-state index is 0.0540. The maximum Gasteiger partial charge on any atom is 0.490 e. The SMILES string of the molecule is CC(C)[C@H](CNCCC(=O)N1CCc2nc(SC3CCC3)n(-c3ccccc3)c(=O)c2C1)Nc1ccc(Cl)cc1.O=C(O)C(F)(F)F. The van der Waals surface area contributed by atoms with Crippen LogP contribution < -0.4 is 16.2 Å². The monoisotopic (exact) mass is 693 g/mol. The minimum Gasteiger partial charge on any atom is -0.475 e. The molecule has 3 aromatic rings. The molecule has 1 fully saturated rings. The van der Waals surface area contributed by atoms with E-state index in [1.54, 1.807) is 16.3 Å². The first-order chi connectivity index (χ1) is 22.3. The predicted octanol–water partition coefficient (Wildman–Crippen LogP) is 6.16. The summed E-state index contributed by atoms with van der Waals surface area (Å²) in [7, 11) is 0. The van der Waals surface area contributed by atoms with E-state index >= 15 is 0 Å². The normalized spacial score (nSPS) is 15.3. The minimum atomic E-state index is -5.08. The van der Waals surface area contributed by atoms with Crippen LogP contribution in [0.15, 0.2) is 64.5 Å². The number of nitrogens with zero attached hydrogens (tertiary/aromatic N) is 3. The van der Waals surface area contributed by atoms with E-state index in [0.29, 0.717) is 54.2 Å². The molecule has 0 bridgehead atoms. The summed E-state index contributed by atoms with van der Waals surface area (Å²) in [6.07, 6.45) is -0.522. The zero-order valence-electron chi connectivity index (χ0n) is 26.2. The lowest BCUT2D eigenvalue weighted by Gasteiger charge is -2.30. The van der Waals surface area contributed by atoms with Gasteiger partial charge in [0.25, 0.3) is 5.56 Å². The van der Waals surface area contributed by atoms with Gasteiger partial charge in [-0.05, 0) is 55.2 Å². The molecule has 254 valence electrons. The first-order valence-electron chi connectivity index (χ1n) is 15.5. The molecule has 2 aromatic carbocycles. The Morgan fingerprint density at radius 3 is 2.34 bits per heavy atom. The van der Waals surface area contributed by atoms with E-state index in [1.807, 2.05) is 59.5 Å². The summed E-state index contributed by atoms with van der Waals surface area (Å²) in [4.78, 5) is 42.6. The van der Waals surface area contributed by atoms with E-state index in [9.17, 15) is 22.8 Å². The van der Waals surface area contributed by atoms with Crippen molar-refractivity contribution >= 4 is 40.9 Å². The molecule has 1 saturated carbocycles. The Kier molecular flexibility index (Phi) is 12.8. The lowest BCUT2D eigenvalue weighted by atomic mass is 10.0. The molecule has 9 nitrogen and oxygen atoms in total. The third kappa shape index (κ3) is 10.2. The number of aromatic nitrogens is 2. The molecule has 5 rings (SSSR count). The Labute approximate surface area is 280 Å². The molecule has 0 spiro atoms. The Balaban J connectivity index is 0.000000644. The fourth-order valence-electron chi connectivity index (χ4n) is 5.01. The number of rotatable bonds is 11. The lowest BCUT2D eigenvalue weighted by molar-refractivity contribution is -0.192. The van der Waals surface area contributed by atoms with Crippen LogP contribution in [0.3, 0.4) is 0 Å². The summed E-state index contributed by atoms with van der Waals surface area (Å²) in [6.45, 7) is 6.58. The summed E-state index contributed by atoms with van der Waals surface area (Å²) >= 11 is 7.73. The maximum absolute atomic E-state index is 13.8. The highest BCUT2D eigenvalue weighted by Gasteiger charge is 2.38. The average molecular weight is 694 g/mol. The van der Waals surface area contributed by atoms with Crippen molar-refractivity contribution in [3.05, 3.63) is 81.2 Å². The largest absolute Gasteiger partial charge is 0.490 e. The second kappa shape index (κ2) is 16.5. The predicted molar refractivity (Wildman–Crippen MR) is 177 cm³/mol. The van der Waals surface area contributed by atoms with E-state index in [0.717, 1.165) is 41.6 Å². The smallest absolute Gasteiger partial charge is 0.475 e. The third-order valence-electron chi connectivity index (χ3n) is 8.01. The van der Waals surface area contributed by atoms with E-state index < -0.39 is 12.1 Å². The first kappa shape index (κ1) is 36.3. The van der Waals surface area contributed by atoms with Gasteiger partial charge < -0.3 is 20.6 Å². The third-order valence-corrected chi connectivity index (χ3v) is 9.56.